The SMILES string of the molecule is Cc1nc(NCC(C2CC2)C2CC2)ccc1Br. The molecule has 2 nitrogen and oxygen atoms in total. The molecule has 1 aromatic heterocycles. The molecule has 0 atom stereocenters. The normalized spacial score (nSPS) is 19.7. The molecule has 3 rings (SSSR count). The quantitative estimate of drug-likeness (QED) is 0.888. The van der Waals surface area contributed by atoms with Crippen LogP contribution >= 0.6 is 15.9 Å². The van der Waals surface area contributed by atoms with Crippen LogP contribution in [0.4, 0.5) is 5.82 Å². The van der Waals surface area contributed by atoms with E-state index in [1.807, 2.05) is 6.92 Å². The molecule has 0 amide bonds. The van der Waals surface area contributed by atoms with Gasteiger partial charge >= 0.3 is 0 Å². The van der Waals surface area contributed by atoms with Crippen LogP contribution < -0.4 is 5.32 Å². The highest BCUT2D eigenvalue weighted by molar-refractivity contribution is 9.10. The molecule has 0 unspecified atom stereocenters. The topological polar surface area (TPSA) is 24.9 Å². The molecule has 0 bridgehead atoms. The van der Waals surface area contributed by atoms with Gasteiger partial charge in [-0.2, -0.15) is 0 Å². The van der Waals surface area contributed by atoms with E-state index in [4.69, 9.17) is 0 Å². The number of hydrogen-bond acceptors (Lipinski definition) is 2. The van der Waals surface area contributed by atoms with Gasteiger partial charge in [-0.1, -0.05) is 0 Å². The van der Waals surface area contributed by atoms with Crippen LogP contribution in [0, 0.1) is 24.7 Å². The Morgan fingerprint density at radius 2 is 1.94 bits per heavy atom. The highest BCUT2D eigenvalue weighted by Crippen LogP contribution is 2.49. The maximum absolute atomic E-state index is 4.55. The van der Waals surface area contributed by atoms with Crippen molar-refractivity contribution in [1.29, 1.82) is 0 Å². The van der Waals surface area contributed by atoms with Gasteiger partial charge in [-0.25, -0.2) is 4.98 Å². The van der Waals surface area contributed by atoms with Crippen molar-refractivity contribution in [3.8, 4) is 0 Å². The highest BCUT2D eigenvalue weighted by atomic mass is 79.9. The number of nitrogens with one attached hydrogen (secondary N) is 1. The first-order valence-corrected chi connectivity index (χ1v) is 7.40. The number of aromatic nitrogens is 1. The number of hydrogen-bond donors (Lipinski definition) is 1. The van der Waals surface area contributed by atoms with Crippen molar-refractivity contribution < 1.29 is 0 Å². The summed E-state index contributed by atoms with van der Waals surface area (Å²) in [6, 6.07) is 4.14. The number of nitrogens with zero attached hydrogens (tertiary/aromatic N) is 1. The molecule has 2 aliphatic carbocycles. The zero-order chi connectivity index (χ0) is 11.8. The first kappa shape index (κ1) is 11.5. The third-order valence-electron chi connectivity index (χ3n) is 4.00. The maximum atomic E-state index is 4.55. The lowest BCUT2D eigenvalue weighted by atomic mass is 9.98. The monoisotopic (exact) mass is 294 g/mol. The number of aryl methyl sites for hydroxylation is 1. The summed E-state index contributed by atoms with van der Waals surface area (Å²) < 4.78 is 1.09. The average Bonchev–Trinajstić information content (AvgIpc) is 3.14. The third-order valence-corrected chi connectivity index (χ3v) is 4.83. The van der Waals surface area contributed by atoms with Crippen LogP contribution in [-0.4, -0.2) is 11.5 Å². The number of halogens is 1. The first-order chi connectivity index (χ1) is 8.24. The van der Waals surface area contributed by atoms with Gasteiger partial charge in [0.1, 0.15) is 5.82 Å². The van der Waals surface area contributed by atoms with Gasteiger partial charge in [0.2, 0.25) is 0 Å². The fraction of sp³-hybridized carbons (Fsp3) is 0.643. The van der Waals surface area contributed by atoms with Gasteiger partial charge in [-0.3, -0.25) is 0 Å². The summed E-state index contributed by atoms with van der Waals surface area (Å²) in [5.74, 6) is 3.94. The molecule has 0 aliphatic heterocycles. The zero-order valence-electron chi connectivity index (χ0n) is 10.2. The minimum atomic E-state index is 0.903. The Balaban J connectivity index is 1.60. The van der Waals surface area contributed by atoms with E-state index in [0.717, 1.165) is 40.3 Å². The van der Waals surface area contributed by atoms with Crippen molar-refractivity contribution in [3.63, 3.8) is 0 Å². The fourth-order valence-corrected chi connectivity index (χ4v) is 2.85. The van der Waals surface area contributed by atoms with Gasteiger partial charge in [0.15, 0.2) is 0 Å². The molecule has 0 radical (unpaired) electrons. The van der Waals surface area contributed by atoms with Gasteiger partial charge in [0, 0.05) is 11.0 Å². The van der Waals surface area contributed by atoms with Crippen molar-refractivity contribution in [3.05, 3.63) is 22.3 Å². The number of anilines is 1. The Morgan fingerprint density at radius 1 is 1.29 bits per heavy atom. The first-order valence-electron chi connectivity index (χ1n) is 6.61. The van der Waals surface area contributed by atoms with E-state index in [1.54, 1.807) is 0 Å². The third kappa shape index (κ3) is 2.82. The summed E-state index contributed by atoms with van der Waals surface area (Å²) in [6.45, 7) is 3.15. The van der Waals surface area contributed by atoms with E-state index >= 15 is 0 Å². The molecular formula is C14H19BrN2. The molecule has 1 aromatic rings. The highest BCUT2D eigenvalue weighted by Gasteiger charge is 2.40. The Kier molecular flexibility index (Phi) is 3.12. The molecule has 3 heteroatoms. The van der Waals surface area contributed by atoms with Crippen molar-refractivity contribution in [2.24, 2.45) is 17.8 Å². The molecule has 92 valence electrons. The number of pyridine rings is 1. The molecule has 0 saturated heterocycles. The largest absolute Gasteiger partial charge is 0.370 e. The van der Waals surface area contributed by atoms with Gasteiger partial charge in [-0.15, -0.1) is 0 Å². The molecule has 1 N–H and O–H groups in total. The van der Waals surface area contributed by atoms with Crippen molar-refractivity contribution in [1.82, 2.24) is 4.98 Å². The summed E-state index contributed by atoms with van der Waals surface area (Å²) in [6.07, 6.45) is 5.82. The van der Waals surface area contributed by atoms with Gasteiger partial charge < -0.3 is 5.32 Å². The van der Waals surface area contributed by atoms with Crippen molar-refractivity contribution in [2.75, 3.05) is 11.9 Å². The summed E-state index contributed by atoms with van der Waals surface area (Å²) >= 11 is 3.49. The van der Waals surface area contributed by atoms with Crippen LogP contribution in [0.5, 0.6) is 0 Å². The molecule has 2 fully saturated rings. The second-order valence-electron chi connectivity index (χ2n) is 5.48. The Hall–Kier alpha value is -0.570. The van der Waals surface area contributed by atoms with Crippen LogP contribution in [0.3, 0.4) is 0 Å². The Labute approximate surface area is 111 Å². The van der Waals surface area contributed by atoms with Gasteiger partial charge in [-0.05, 0) is 78.4 Å². The van der Waals surface area contributed by atoms with Crippen molar-refractivity contribution in [2.45, 2.75) is 32.6 Å². The van der Waals surface area contributed by atoms with Crippen LogP contribution in [0.1, 0.15) is 31.4 Å². The van der Waals surface area contributed by atoms with Gasteiger partial charge in [0.25, 0.3) is 0 Å². The van der Waals surface area contributed by atoms with E-state index in [2.05, 4.69) is 38.4 Å². The molecule has 0 spiro atoms. The lowest BCUT2D eigenvalue weighted by Gasteiger charge is -2.16. The summed E-state index contributed by atoms with van der Waals surface area (Å²) in [7, 11) is 0. The van der Waals surface area contributed by atoms with Crippen LogP contribution in [0.25, 0.3) is 0 Å². The molecule has 2 aliphatic rings. The average molecular weight is 295 g/mol. The van der Waals surface area contributed by atoms with Crippen LogP contribution in [-0.2, 0) is 0 Å². The molecule has 1 heterocycles. The summed E-state index contributed by atoms with van der Waals surface area (Å²) in [5.41, 5.74) is 1.06. The van der Waals surface area contributed by atoms with Crippen LogP contribution in [0.2, 0.25) is 0 Å². The Bertz CT molecular complexity index is 399. The lowest BCUT2D eigenvalue weighted by molar-refractivity contribution is 0.427. The summed E-state index contributed by atoms with van der Waals surface area (Å²) in [4.78, 5) is 4.55. The maximum Gasteiger partial charge on any atom is 0.126 e. The molecule has 0 aromatic carbocycles. The molecule has 17 heavy (non-hydrogen) atoms. The number of rotatable bonds is 5. The van der Waals surface area contributed by atoms with E-state index in [0.29, 0.717) is 0 Å². The minimum absolute atomic E-state index is 0.903. The molecule has 2 saturated carbocycles. The van der Waals surface area contributed by atoms with E-state index in [-0.39, 0.29) is 0 Å². The summed E-state index contributed by atoms with van der Waals surface area (Å²) in [5, 5.41) is 3.52. The molecular weight excluding hydrogens is 276 g/mol. The van der Waals surface area contributed by atoms with E-state index in [1.165, 1.54) is 25.7 Å². The fourth-order valence-electron chi connectivity index (χ4n) is 2.63. The Morgan fingerprint density at radius 3 is 2.47 bits per heavy atom. The predicted octanol–water partition coefficient (Wildman–Crippen LogP) is 4.00. The lowest BCUT2D eigenvalue weighted by Crippen LogP contribution is -2.18. The van der Waals surface area contributed by atoms with Crippen LogP contribution in [0.15, 0.2) is 16.6 Å². The van der Waals surface area contributed by atoms with E-state index in [9.17, 15) is 0 Å². The standard InChI is InChI=1S/C14H19BrN2/c1-9-13(15)6-7-14(17-9)16-8-12(10-2-3-10)11-4-5-11/h6-7,10-12H,2-5,8H2,1H3,(H,16,17). The predicted molar refractivity (Wildman–Crippen MR) is 74.1 cm³/mol. The second kappa shape index (κ2) is 4.60. The minimum Gasteiger partial charge on any atom is -0.370 e. The van der Waals surface area contributed by atoms with Crippen molar-refractivity contribution >= 4 is 21.7 Å². The second-order valence-corrected chi connectivity index (χ2v) is 6.34. The van der Waals surface area contributed by atoms with Gasteiger partial charge in [0.05, 0.1) is 5.69 Å². The smallest absolute Gasteiger partial charge is 0.126 e. The van der Waals surface area contributed by atoms with E-state index < -0.39 is 0 Å². The zero-order valence-corrected chi connectivity index (χ0v) is 11.8.